The van der Waals surface area contributed by atoms with Crippen molar-refractivity contribution in [2.75, 3.05) is 13.7 Å². The number of rotatable bonds is 7. The Kier molecular flexibility index (Phi) is 7.17. The Labute approximate surface area is 231 Å². The summed E-state index contributed by atoms with van der Waals surface area (Å²) in [5.74, 6) is -3.34. The minimum atomic E-state index is -1.68. The van der Waals surface area contributed by atoms with Gasteiger partial charge in [-0.25, -0.2) is 23.1 Å². The van der Waals surface area contributed by atoms with Crippen molar-refractivity contribution in [1.82, 2.24) is 15.3 Å². The van der Waals surface area contributed by atoms with Crippen molar-refractivity contribution in [3.05, 3.63) is 86.9 Å². The molecule has 0 radical (unpaired) electrons. The van der Waals surface area contributed by atoms with Crippen LogP contribution < -0.4 is 10.1 Å². The maximum absolute atomic E-state index is 14.7. The second-order valence-corrected chi connectivity index (χ2v) is 10.3. The summed E-state index contributed by atoms with van der Waals surface area (Å²) in [6, 6.07) is 8.62. The molecule has 39 heavy (non-hydrogen) atoms. The molecule has 2 N–H and O–H groups in total. The lowest BCUT2D eigenvalue weighted by Crippen LogP contribution is -2.43. The number of carbonyl (C=O) groups is 1. The van der Waals surface area contributed by atoms with E-state index in [4.69, 9.17) is 27.9 Å². The summed E-state index contributed by atoms with van der Waals surface area (Å²) in [5, 5.41) is 15.0. The van der Waals surface area contributed by atoms with E-state index in [0.29, 0.717) is 46.3 Å². The van der Waals surface area contributed by atoms with Crippen molar-refractivity contribution >= 4 is 40.0 Å². The normalized spacial score (nSPS) is 14.8. The van der Waals surface area contributed by atoms with Crippen LogP contribution in [0.1, 0.15) is 34.6 Å². The zero-order valence-corrected chi connectivity index (χ0v) is 22.3. The third kappa shape index (κ3) is 5.14. The first kappa shape index (κ1) is 27.2. The number of aromatic nitrogens is 2. The fraction of sp³-hybridized carbons (Fsp3) is 0.250. The summed E-state index contributed by atoms with van der Waals surface area (Å²) >= 11 is 12.0. The van der Waals surface area contributed by atoms with Gasteiger partial charge in [0.25, 0.3) is 5.91 Å². The third-order valence-electron chi connectivity index (χ3n) is 6.82. The van der Waals surface area contributed by atoms with Crippen LogP contribution in [-0.2, 0) is 5.60 Å². The third-order valence-corrected chi connectivity index (χ3v) is 7.49. The van der Waals surface area contributed by atoms with Gasteiger partial charge in [-0.05, 0) is 62.1 Å². The predicted octanol–water partition coefficient (Wildman–Crippen LogP) is 6.37. The van der Waals surface area contributed by atoms with Gasteiger partial charge in [0.1, 0.15) is 40.0 Å². The molecule has 1 amide bonds. The van der Waals surface area contributed by atoms with E-state index in [1.807, 2.05) is 0 Å². The summed E-state index contributed by atoms with van der Waals surface area (Å²) in [7, 11) is 1.46. The lowest BCUT2D eigenvalue weighted by Gasteiger charge is -2.28. The fourth-order valence-corrected chi connectivity index (χ4v) is 4.83. The second-order valence-electron chi connectivity index (χ2n) is 9.46. The van der Waals surface area contributed by atoms with Crippen molar-refractivity contribution in [3.8, 4) is 17.0 Å². The number of pyridine rings is 2. The van der Waals surface area contributed by atoms with Gasteiger partial charge in [-0.1, -0.05) is 23.2 Å². The Morgan fingerprint density at radius 1 is 1.05 bits per heavy atom. The van der Waals surface area contributed by atoms with Crippen LogP contribution >= 0.6 is 23.2 Å². The summed E-state index contributed by atoms with van der Waals surface area (Å²) in [5.41, 5.74) is -1.03. The van der Waals surface area contributed by atoms with Crippen molar-refractivity contribution < 1.29 is 27.8 Å². The molecule has 1 saturated carbocycles. The Balaban J connectivity index is 1.46. The first-order valence-corrected chi connectivity index (χ1v) is 12.7. The molecule has 4 aromatic rings. The first-order chi connectivity index (χ1) is 18.5. The highest BCUT2D eigenvalue weighted by Gasteiger charge is 2.46. The molecule has 2 heterocycles. The molecule has 11 heteroatoms. The average Bonchev–Trinajstić information content (AvgIpc) is 3.76. The largest absolute Gasteiger partial charge is 0.494 e. The number of benzene rings is 2. The molecule has 1 atom stereocenters. The molecule has 0 unspecified atom stereocenters. The molecule has 0 aliphatic heterocycles. The number of hydrogen-bond donors (Lipinski definition) is 2. The van der Waals surface area contributed by atoms with Gasteiger partial charge >= 0.3 is 0 Å². The second kappa shape index (κ2) is 10.3. The summed E-state index contributed by atoms with van der Waals surface area (Å²) < 4.78 is 48.3. The lowest BCUT2D eigenvalue weighted by atomic mass is 9.92. The highest BCUT2D eigenvalue weighted by atomic mass is 35.5. The van der Waals surface area contributed by atoms with Crippen molar-refractivity contribution in [2.24, 2.45) is 5.92 Å². The predicted molar refractivity (Wildman–Crippen MR) is 142 cm³/mol. The topological polar surface area (TPSA) is 84.3 Å². The lowest BCUT2D eigenvalue weighted by molar-refractivity contribution is 0.00949. The van der Waals surface area contributed by atoms with E-state index >= 15 is 0 Å². The molecule has 1 aliphatic rings. The van der Waals surface area contributed by atoms with E-state index < -0.39 is 39.7 Å². The Bertz CT molecular complexity index is 1630. The maximum Gasteiger partial charge on any atom is 0.251 e. The molecule has 0 saturated heterocycles. The van der Waals surface area contributed by atoms with Gasteiger partial charge in [0.2, 0.25) is 0 Å². The highest BCUT2D eigenvalue weighted by molar-refractivity contribution is 6.32. The summed E-state index contributed by atoms with van der Waals surface area (Å²) in [6.45, 7) is 1.50. The standard InChI is InChI=1S/C28H22Cl2F3N3O3/c1-13-18(29)8-14-7-15(9-23(39-2)25(14)35-13)27(37)34-12-28(38,16-3-4-16)24-6-5-20(31)26(36-24)17-10-19(30)22(33)11-21(17)32/h5-11,16,38H,3-4,12H2,1-2H3,(H,34,37)/t28-/m1/s1. The maximum atomic E-state index is 14.7. The van der Waals surface area contributed by atoms with Gasteiger partial charge in [-0.15, -0.1) is 0 Å². The first-order valence-electron chi connectivity index (χ1n) is 12.0. The molecule has 2 aromatic carbocycles. The Morgan fingerprint density at radius 3 is 2.49 bits per heavy atom. The Morgan fingerprint density at radius 2 is 1.79 bits per heavy atom. The molecule has 202 valence electrons. The van der Waals surface area contributed by atoms with Crippen LogP contribution in [0.3, 0.4) is 0 Å². The van der Waals surface area contributed by atoms with E-state index in [0.717, 1.165) is 12.1 Å². The fourth-order valence-electron chi connectivity index (χ4n) is 4.51. The SMILES string of the molecule is COc1cc(C(=O)NC[C@](O)(c2ccc(F)c(-c3cc(Cl)c(F)cc3F)n2)C2CC2)cc2cc(Cl)c(C)nc12. The van der Waals surface area contributed by atoms with E-state index in [1.54, 1.807) is 19.1 Å². The number of aryl methyl sites for hydroxylation is 1. The summed E-state index contributed by atoms with van der Waals surface area (Å²) in [4.78, 5) is 21.8. The zero-order valence-electron chi connectivity index (χ0n) is 20.8. The zero-order chi connectivity index (χ0) is 28.1. The molecular weight excluding hydrogens is 554 g/mol. The molecule has 2 aromatic heterocycles. The van der Waals surface area contributed by atoms with Gasteiger partial charge in [0.05, 0.1) is 35.1 Å². The Hall–Kier alpha value is -3.40. The number of nitrogens with zero attached hydrogens (tertiary/aromatic N) is 2. The number of aliphatic hydroxyl groups is 1. The van der Waals surface area contributed by atoms with E-state index in [1.165, 1.54) is 19.2 Å². The van der Waals surface area contributed by atoms with Gasteiger partial charge in [-0.3, -0.25) is 4.79 Å². The number of nitrogens with one attached hydrogen (secondary N) is 1. The summed E-state index contributed by atoms with van der Waals surface area (Å²) in [6.07, 6.45) is 1.29. The minimum absolute atomic E-state index is 0.0316. The van der Waals surface area contributed by atoms with E-state index in [9.17, 15) is 23.1 Å². The molecule has 1 aliphatic carbocycles. The van der Waals surface area contributed by atoms with Gasteiger partial charge in [-0.2, -0.15) is 0 Å². The van der Waals surface area contributed by atoms with Crippen LogP contribution in [-0.4, -0.2) is 34.6 Å². The van der Waals surface area contributed by atoms with Gasteiger partial charge in [0.15, 0.2) is 0 Å². The van der Waals surface area contributed by atoms with Crippen molar-refractivity contribution in [3.63, 3.8) is 0 Å². The average molecular weight is 576 g/mol. The smallest absolute Gasteiger partial charge is 0.251 e. The number of fused-ring (bicyclic) bond motifs is 1. The van der Waals surface area contributed by atoms with E-state index in [2.05, 4.69) is 15.3 Å². The molecular formula is C28H22Cl2F3N3O3. The molecule has 5 rings (SSSR count). The van der Waals surface area contributed by atoms with Crippen molar-refractivity contribution in [2.45, 2.75) is 25.4 Å². The van der Waals surface area contributed by atoms with Crippen LogP contribution in [0.4, 0.5) is 13.2 Å². The highest BCUT2D eigenvalue weighted by Crippen LogP contribution is 2.45. The van der Waals surface area contributed by atoms with Crippen LogP contribution in [0.25, 0.3) is 22.2 Å². The van der Waals surface area contributed by atoms with E-state index in [-0.39, 0.29) is 29.3 Å². The van der Waals surface area contributed by atoms with Gasteiger partial charge in [0, 0.05) is 22.6 Å². The molecule has 6 nitrogen and oxygen atoms in total. The molecule has 0 bridgehead atoms. The van der Waals surface area contributed by atoms with Crippen molar-refractivity contribution in [1.29, 1.82) is 0 Å². The number of amides is 1. The van der Waals surface area contributed by atoms with Crippen LogP contribution in [0.5, 0.6) is 5.75 Å². The van der Waals surface area contributed by atoms with Crippen LogP contribution in [0.2, 0.25) is 10.0 Å². The number of carbonyl (C=O) groups excluding carboxylic acids is 1. The number of methoxy groups -OCH3 is 1. The number of ether oxygens (including phenoxy) is 1. The molecule has 1 fully saturated rings. The quantitative estimate of drug-likeness (QED) is 0.250. The van der Waals surface area contributed by atoms with Crippen LogP contribution in [0, 0.1) is 30.3 Å². The monoisotopic (exact) mass is 575 g/mol. The minimum Gasteiger partial charge on any atom is -0.494 e. The number of halogens is 5. The number of hydrogen-bond acceptors (Lipinski definition) is 5. The van der Waals surface area contributed by atoms with Crippen LogP contribution in [0.15, 0.2) is 42.5 Å². The molecule has 0 spiro atoms. The van der Waals surface area contributed by atoms with Gasteiger partial charge < -0.3 is 15.2 Å².